The van der Waals surface area contributed by atoms with Crippen molar-refractivity contribution in [3.63, 3.8) is 0 Å². The molecule has 1 aromatic carbocycles. The molecule has 0 bridgehead atoms. The lowest BCUT2D eigenvalue weighted by Gasteiger charge is -2.07. The number of anilines is 1. The fourth-order valence-corrected chi connectivity index (χ4v) is 4.07. The Balaban J connectivity index is 1.66. The van der Waals surface area contributed by atoms with Crippen LogP contribution in [0.2, 0.25) is 0 Å². The Bertz CT molecular complexity index is 801. The van der Waals surface area contributed by atoms with Gasteiger partial charge in [-0.05, 0) is 53.4 Å². The number of nitrogens with zero attached hydrogens (tertiary/aromatic N) is 1. The van der Waals surface area contributed by atoms with E-state index in [2.05, 4.69) is 10.3 Å². The highest BCUT2D eigenvalue weighted by Gasteiger charge is 2.14. The molecule has 0 unspecified atom stereocenters. The summed E-state index contributed by atoms with van der Waals surface area (Å²) in [5.41, 5.74) is 1.93. The largest absolute Gasteiger partial charge is 0.497 e. The average molecular weight is 356 g/mol. The average Bonchev–Trinajstić information content (AvgIpc) is 3.10. The summed E-state index contributed by atoms with van der Waals surface area (Å²) in [5, 5.41) is 4.87. The molecule has 0 aliphatic rings. The number of ether oxygens (including phenoxy) is 1. The van der Waals surface area contributed by atoms with Gasteiger partial charge in [0.15, 0.2) is 0 Å². The van der Waals surface area contributed by atoms with Crippen LogP contribution in [-0.2, 0) is 5.75 Å². The van der Waals surface area contributed by atoms with Gasteiger partial charge >= 0.3 is 0 Å². The van der Waals surface area contributed by atoms with Gasteiger partial charge in [-0.15, -0.1) is 23.1 Å². The molecule has 0 aliphatic heterocycles. The van der Waals surface area contributed by atoms with Crippen LogP contribution in [0.25, 0.3) is 0 Å². The maximum absolute atomic E-state index is 12.5. The number of hydrogen-bond acceptors (Lipinski definition) is 5. The van der Waals surface area contributed by atoms with Gasteiger partial charge in [0.05, 0.1) is 7.11 Å². The number of pyridine rings is 1. The van der Waals surface area contributed by atoms with Crippen LogP contribution in [0.3, 0.4) is 0 Å². The van der Waals surface area contributed by atoms with Crippen LogP contribution in [0.4, 0.5) is 5.69 Å². The SMILES string of the molecule is COc1ccc(NC(=O)c2sccc2SCc2ccncc2)cc1. The number of thioether (sulfide) groups is 1. The third kappa shape index (κ3) is 4.15. The summed E-state index contributed by atoms with van der Waals surface area (Å²) in [6.07, 6.45) is 3.56. The Labute approximate surface area is 148 Å². The first-order valence-electron chi connectivity index (χ1n) is 7.31. The van der Waals surface area contributed by atoms with Crippen molar-refractivity contribution in [3.8, 4) is 5.75 Å². The van der Waals surface area contributed by atoms with Crippen LogP contribution in [0.5, 0.6) is 5.75 Å². The first-order chi connectivity index (χ1) is 11.8. The number of thiophene rings is 1. The first-order valence-corrected chi connectivity index (χ1v) is 9.17. The minimum absolute atomic E-state index is 0.0904. The predicted octanol–water partition coefficient (Wildman–Crippen LogP) is 4.70. The molecule has 1 N–H and O–H groups in total. The van der Waals surface area contributed by atoms with Gasteiger partial charge in [0.25, 0.3) is 5.91 Å². The van der Waals surface area contributed by atoms with E-state index in [-0.39, 0.29) is 5.91 Å². The zero-order chi connectivity index (χ0) is 16.8. The molecule has 4 nitrogen and oxygen atoms in total. The van der Waals surface area contributed by atoms with E-state index in [9.17, 15) is 4.79 Å². The third-order valence-corrected chi connectivity index (χ3v) is 5.50. The Morgan fingerprint density at radius 1 is 1.17 bits per heavy atom. The van der Waals surface area contributed by atoms with E-state index in [4.69, 9.17) is 4.74 Å². The van der Waals surface area contributed by atoms with Crippen LogP contribution in [-0.4, -0.2) is 18.0 Å². The van der Waals surface area contributed by atoms with Crippen molar-refractivity contribution in [2.24, 2.45) is 0 Å². The Kier molecular flexibility index (Phi) is 5.51. The normalized spacial score (nSPS) is 10.4. The minimum atomic E-state index is -0.0904. The number of carbonyl (C=O) groups excluding carboxylic acids is 1. The van der Waals surface area contributed by atoms with E-state index in [1.807, 2.05) is 47.8 Å². The van der Waals surface area contributed by atoms with E-state index in [0.29, 0.717) is 0 Å². The highest BCUT2D eigenvalue weighted by atomic mass is 32.2. The van der Waals surface area contributed by atoms with E-state index >= 15 is 0 Å². The Hall–Kier alpha value is -2.31. The molecule has 3 aromatic rings. The second kappa shape index (κ2) is 7.99. The molecule has 0 radical (unpaired) electrons. The summed E-state index contributed by atoms with van der Waals surface area (Å²) in [6, 6.07) is 13.3. The number of benzene rings is 1. The number of carbonyl (C=O) groups is 1. The molecule has 6 heteroatoms. The number of nitrogens with one attached hydrogen (secondary N) is 1. The molecule has 0 atom stereocenters. The molecule has 0 saturated heterocycles. The molecule has 0 saturated carbocycles. The maximum Gasteiger partial charge on any atom is 0.266 e. The molecular weight excluding hydrogens is 340 g/mol. The van der Waals surface area contributed by atoms with Gasteiger partial charge in [0, 0.05) is 28.7 Å². The molecule has 0 spiro atoms. The summed E-state index contributed by atoms with van der Waals surface area (Å²) in [5.74, 6) is 1.48. The summed E-state index contributed by atoms with van der Waals surface area (Å²) < 4.78 is 5.12. The highest BCUT2D eigenvalue weighted by Crippen LogP contribution is 2.30. The fourth-order valence-electron chi connectivity index (χ4n) is 2.08. The van der Waals surface area contributed by atoms with E-state index in [1.165, 1.54) is 16.9 Å². The van der Waals surface area contributed by atoms with Gasteiger partial charge in [-0.25, -0.2) is 0 Å². The van der Waals surface area contributed by atoms with E-state index in [1.54, 1.807) is 31.3 Å². The van der Waals surface area contributed by atoms with Crippen molar-refractivity contribution in [1.82, 2.24) is 4.98 Å². The van der Waals surface area contributed by atoms with Gasteiger partial charge in [0.1, 0.15) is 10.6 Å². The standard InChI is InChI=1S/C18H16N2O2S2/c1-22-15-4-2-14(3-5-15)20-18(21)17-16(8-11-23-17)24-12-13-6-9-19-10-7-13/h2-11H,12H2,1H3,(H,20,21). The van der Waals surface area contributed by atoms with Gasteiger partial charge in [-0.1, -0.05) is 0 Å². The molecule has 0 aliphatic carbocycles. The van der Waals surface area contributed by atoms with Crippen LogP contribution in [0.1, 0.15) is 15.2 Å². The fraction of sp³-hybridized carbons (Fsp3) is 0.111. The zero-order valence-electron chi connectivity index (χ0n) is 13.1. The number of methoxy groups -OCH3 is 1. The molecule has 1 amide bonds. The molecule has 2 heterocycles. The number of hydrogen-bond donors (Lipinski definition) is 1. The Morgan fingerprint density at radius 2 is 1.92 bits per heavy atom. The van der Waals surface area contributed by atoms with E-state index < -0.39 is 0 Å². The van der Waals surface area contributed by atoms with Crippen molar-refractivity contribution in [2.75, 3.05) is 12.4 Å². The predicted molar refractivity (Wildman–Crippen MR) is 99.1 cm³/mol. The smallest absolute Gasteiger partial charge is 0.266 e. The van der Waals surface area contributed by atoms with Crippen LogP contribution < -0.4 is 10.1 Å². The van der Waals surface area contributed by atoms with Crippen molar-refractivity contribution in [3.05, 3.63) is 70.7 Å². The van der Waals surface area contributed by atoms with Gasteiger partial charge in [0.2, 0.25) is 0 Å². The summed E-state index contributed by atoms with van der Waals surface area (Å²) in [4.78, 5) is 18.2. The summed E-state index contributed by atoms with van der Waals surface area (Å²) >= 11 is 3.10. The lowest BCUT2D eigenvalue weighted by atomic mass is 10.3. The van der Waals surface area contributed by atoms with Crippen molar-refractivity contribution in [1.29, 1.82) is 0 Å². The highest BCUT2D eigenvalue weighted by molar-refractivity contribution is 7.98. The number of rotatable bonds is 6. The summed E-state index contributed by atoms with van der Waals surface area (Å²) in [7, 11) is 1.62. The quantitative estimate of drug-likeness (QED) is 0.651. The lowest BCUT2D eigenvalue weighted by molar-refractivity contribution is 0.102. The zero-order valence-corrected chi connectivity index (χ0v) is 14.7. The van der Waals surface area contributed by atoms with Crippen LogP contribution >= 0.6 is 23.1 Å². The molecule has 122 valence electrons. The van der Waals surface area contributed by atoms with Gasteiger partial charge in [-0.3, -0.25) is 9.78 Å². The molecule has 2 aromatic heterocycles. The van der Waals surface area contributed by atoms with Crippen molar-refractivity contribution < 1.29 is 9.53 Å². The summed E-state index contributed by atoms with van der Waals surface area (Å²) in [6.45, 7) is 0. The molecule has 0 fully saturated rings. The minimum Gasteiger partial charge on any atom is -0.497 e. The first kappa shape index (κ1) is 16.5. The second-order valence-electron chi connectivity index (χ2n) is 4.94. The van der Waals surface area contributed by atoms with Crippen molar-refractivity contribution in [2.45, 2.75) is 10.6 Å². The lowest BCUT2D eigenvalue weighted by Crippen LogP contribution is -2.11. The van der Waals surface area contributed by atoms with Crippen LogP contribution in [0, 0.1) is 0 Å². The maximum atomic E-state index is 12.5. The molecule has 3 rings (SSSR count). The monoisotopic (exact) mass is 356 g/mol. The van der Waals surface area contributed by atoms with Gasteiger partial charge < -0.3 is 10.1 Å². The third-order valence-electron chi connectivity index (χ3n) is 3.33. The van der Waals surface area contributed by atoms with Crippen LogP contribution in [0.15, 0.2) is 65.1 Å². The topological polar surface area (TPSA) is 51.2 Å². The molecular formula is C18H16N2O2S2. The Morgan fingerprint density at radius 3 is 2.62 bits per heavy atom. The number of aromatic nitrogens is 1. The second-order valence-corrected chi connectivity index (χ2v) is 6.87. The van der Waals surface area contributed by atoms with Gasteiger partial charge in [-0.2, -0.15) is 0 Å². The molecule has 24 heavy (non-hydrogen) atoms. The van der Waals surface area contributed by atoms with E-state index in [0.717, 1.165) is 27.0 Å². The van der Waals surface area contributed by atoms with Crippen molar-refractivity contribution >= 4 is 34.7 Å². The number of amides is 1.